The van der Waals surface area contributed by atoms with E-state index in [1.807, 2.05) is 0 Å². The molecule has 0 aromatic heterocycles. The van der Waals surface area contributed by atoms with Gasteiger partial charge in [0.25, 0.3) is 0 Å². The number of amides is 1. The highest BCUT2D eigenvalue weighted by molar-refractivity contribution is 5.76. The summed E-state index contributed by atoms with van der Waals surface area (Å²) in [5.41, 5.74) is 0.253. The van der Waals surface area contributed by atoms with Gasteiger partial charge in [-0.05, 0) is 30.2 Å². The van der Waals surface area contributed by atoms with Crippen molar-refractivity contribution in [3.63, 3.8) is 0 Å². The molecule has 0 saturated heterocycles. The van der Waals surface area contributed by atoms with Crippen LogP contribution in [0.4, 0.5) is 22.0 Å². The van der Waals surface area contributed by atoms with E-state index in [0.717, 1.165) is 12.1 Å². The normalized spacial score (nSPS) is 11.1. The zero-order valence-corrected chi connectivity index (χ0v) is 14.0. The number of benzene rings is 2. The molecule has 0 aliphatic heterocycles. The van der Waals surface area contributed by atoms with Crippen LogP contribution in [0.2, 0.25) is 0 Å². The SMILES string of the molecule is O=C(CCc1ccccc1OC(F)(F)F)NCCOc1ccc(F)c(F)c1. The van der Waals surface area contributed by atoms with E-state index in [0.29, 0.717) is 0 Å². The molecule has 146 valence electrons. The van der Waals surface area contributed by atoms with E-state index in [1.165, 1.54) is 24.3 Å². The topological polar surface area (TPSA) is 47.6 Å². The molecule has 0 radical (unpaired) electrons. The van der Waals surface area contributed by atoms with Gasteiger partial charge in [0.05, 0.1) is 6.54 Å². The summed E-state index contributed by atoms with van der Waals surface area (Å²) < 4.78 is 71.9. The molecule has 0 saturated carbocycles. The van der Waals surface area contributed by atoms with Gasteiger partial charge in [0, 0.05) is 12.5 Å². The van der Waals surface area contributed by atoms with Crippen LogP contribution < -0.4 is 14.8 Å². The fourth-order valence-electron chi connectivity index (χ4n) is 2.20. The molecule has 1 amide bonds. The van der Waals surface area contributed by atoms with Crippen LogP contribution in [0.1, 0.15) is 12.0 Å². The van der Waals surface area contributed by atoms with E-state index < -0.39 is 23.9 Å². The second-order valence-corrected chi connectivity index (χ2v) is 5.43. The van der Waals surface area contributed by atoms with Crippen molar-refractivity contribution in [2.24, 2.45) is 0 Å². The third kappa shape index (κ3) is 7.12. The van der Waals surface area contributed by atoms with Gasteiger partial charge in [-0.15, -0.1) is 13.2 Å². The molecule has 0 aliphatic carbocycles. The maximum atomic E-state index is 13.0. The molecular formula is C18H16F5NO3. The average molecular weight is 389 g/mol. The number of halogens is 5. The van der Waals surface area contributed by atoms with Crippen LogP contribution in [-0.4, -0.2) is 25.4 Å². The Morgan fingerprint density at radius 1 is 1.04 bits per heavy atom. The second-order valence-electron chi connectivity index (χ2n) is 5.43. The molecule has 0 fully saturated rings. The highest BCUT2D eigenvalue weighted by atomic mass is 19.4. The smallest absolute Gasteiger partial charge is 0.492 e. The molecule has 0 unspecified atom stereocenters. The predicted molar refractivity (Wildman–Crippen MR) is 86.3 cm³/mol. The van der Waals surface area contributed by atoms with Gasteiger partial charge in [-0.3, -0.25) is 4.79 Å². The average Bonchev–Trinajstić information content (AvgIpc) is 2.59. The van der Waals surface area contributed by atoms with E-state index in [9.17, 15) is 26.7 Å². The number of carbonyl (C=O) groups excluding carboxylic acids is 1. The van der Waals surface area contributed by atoms with Gasteiger partial charge in [-0.2, -0.15) is 0 Å². The molecule has 2 rings (SSSR count). The molecule has 2 aromatic rings. The predicted octanol–water partition coefficient (Wildman–Crippen LogP) is 3.99. The highest BCUT2D eigenvalue weighted by Gasteiger charge is 2.31. The fraction of sp³-hybridized carbons (Fsp3) is 0.278. The Morgan fingerprint density at radius 2 is 1.78 bits per heavy atom. The summed E-state index contributed by atoms with van der Waals surface area (Å²) in [6, 6.07) is 8.62. The third-order valence-electron chi connectivity index (χ3n) is 3.40. The first kappa shape index (κ1) is 20.5. The monoisotopic (exact) mass is 389 g/mol. The van der Waals surface area contributed by atoms with E-state index in [-0.39, 0.29) is 43.1 Å². The van der Waals surface area contributed by atoms with Crippen molar-refractivity contribution in [3.05, 3.63) is 59.7 Å². The first-order valence-electron chi connectivity index (χ1n) is 7.93. The maximum absolute atomic E-state index is 13.0. The van der Waals surface area contributed by atoms with Crippen LogP contribution in [0.3, 0.4) is 0 Å². The molecule has 4 nitrogen and oxygen atoms in total. The van der Waals surface area contributed by atoms with Gasteiger partial charge in [0.1, 0.15) is 18.1 Å². The standard InChI is InChI=1S/C18H16F5NO3/c19-14-7-6-13(11-15(14)20)26-10-9-24-17(25)8-5-12-3-1-2-4-16(12)27-18(21,22)23/h1-4,6-7,11H,5,8-10H2,(H,24,25). The number of hydrogen-bond donors (Lipinski definition) is 1. The Morgan fingerprint density at radius 3 is 2.48 bits per heavy atom. The van der Waals surface area contributed by atoms with Gasteiger partial charge >= 0.3 is 6.36 Å². The Balaban J connectivity index is 1.74. The van der Waals surface area contributed by atoms with Crippen molar-refractivity contribution >= 4 is 5.91 Å². The van der Waals surface area contributed by atoms with Gasteiger partial charge in [-0.25, -0.2) is 8.78 Å². The molecule has 2 aromatic carbocycles. The number of alkyl halides is 3. The van der Waals surface area contributed by atoms with E-state index in [4.69, 9.17) is 4.74 Å². The van der Waals surface area contributed by atoms with Crippen molar-refractivity contribution < 1.29 is 36.2 Å². The number of rotatable bonds is 8. The van der Waals surface area contributed by atoms with Crippen molar-refractivity contribution in [3.8, 4) is 11.5 Å². The first-order valence-corrected chi connectivity index (χ1v) is 7.93. The highest BCUT2D eigenvalue weighted by Crippen LogP contribution is 2.26. The van der Waals surface area contributed by atoms with Crippen molar-refractivity contribution in [2.75, 3.05) is 13.2 Å². The summed E-state index contributed by atoms with van der Waals surface area (Å²) >= 11 is 0. The summed E-state index contributed by atoms with van der Waals surface area (Å²) in [7, 11) is 0. The Bertz CT molecular complexity index is 780. The van der Waals surface area contributed by atoms with E-state index in [1.54, 1.807) is 6.07 Å². The van der Waals surface area contributed by atoms with Crippen molar-refractivity contribution in [1.29, 1.82) is 0 Å². The quantitative estimate of drug-likeness (QED) is 0.549. The lowest BCUT2D eigenvalue weighted by Crippen LogP contribution is -2.28. The molecule has 1 N–H and O–H groups in total. The van der Waals surface area contributed by atoms with Crippen LogP contribution in [0.15, 0.2) is 42.5 Å². The van der Waals surface area contributed by atoms with Crippen LogP contribution in [0, 0.1) is 11.6 Å². The molecule has 0 heterocycles. The minimum absolute atomic E-state index is 0.0184. The summed E-state index contributed by atoms with van der Waals surface area (Å²) in [5.74, 6) is -2.67. The lowest BCUT2D eigenvalue weighted by atomic mass is 10.1. The minimum atomic E-state index is -4.81. The lowest BCUT2D eigenvalue weighted by molar-refractivity contribution is -0.274. The molecule has 0 bridgehead atoms. The number of hydrogen-bond acceptors (Lipinski definition) is 3. The van der Waals surface area contributed by atoms with Crippen LogP contribution in [0.25, 0.3) is 0 Å². The van der Waals surface area contributed by atoms with Gasteiger partial charge in [-0.1, -0.05) is 18.2 Å². The molecule has 0 spiro atoms. The van der Waals surface area contributed by atoms with E-state index >= 15 is 0 Å². The largest absolute Gasteiger partial charge is 0.573 e. The lowest BCUT2D eigenvalue weighted by Gasteiger charge is -2.13. The molecule has 0 atom stereocenters. The minimum Gasteiger partial charge on any atom is -0.492 e. The molecule has 9 heteroatoms. The van der Waals surface area contributed by atoms with Crippen molar-refractivity contribution in [1.82, 2.24) is 5.32 Å². The Hall–Kier alpha value is -2.84. The summed E-state index contributed by atoms with van der Waals surface area (Å²) in [6.07, 6.45) is -4.80. The van der Waals surface area contributed by atoms with Crippen LogP contribution in [-0.2, 0) is 11.2 Å². The van der Waals surface area contributed by atoms with E-state index in [2.05, 4.69) is 10.1 Å². The Labute approximate surface area is 151 Å². The maximum Gasteiger partial charge on any atom is 0.573 e. The summed E-state index contributed by atoms with van der Waals surface area (Å²) in [5, 5.41) is 2.52. The third-order valence-corrected chi connectivity index (χ3v) is 3.40. The number of ether oxygens (including phenoxy) is 2. The number of aryl methyl sites for hydroxylation is 1. The van der Waals surface area contributed by atoms with Crippen LogP contribution in [0.5, 0.6) is 11.5 Å². The zero-order valence-electron chi connectivity index (χ0n) is 14.0. The van der Waals surface area contributed by atoms with Gasteiger partial charge in [0.15, 0.2) is 11.6 Å². The molecule has 27 heavy (non-hydrogen) atoms. The second kappa shape index (κ2) is 9.20. The van der Waals surface area contributed by atoms with Gasteiger partial charge in [0.2, 0.25) is 5.91 Å². The summed E-state index contributed by atoms with van der Waals surface area (Å²) in [4.78, 5) is 11.8. The number of nitrogens with one attached hydrogen (secondary N) is 1. The van der Waals surface area contributed by atoms with Gasteiger partial charge < -0.3 is 14.8 Å². The first-order chi connectivity index (χ1) is 12.7. The van der Waals surface area contributed by atoms with Crippen LogP contribution >= 0.6 is 0 Å². The molecular weight excluding hydrogens is 373 g/mol. The van der Waals surface area contributed by atoms with Crippen molar-refractivity contribution in [2.45, 2.75) is 19.2 Å². The Kier molecular flexibility index (Phi) is 6.98. The molecule has 0 aliphatic rings. The fourth-order valence-corrected chi connectivity index (χ4v) is 2.20. The summed E-state index contributed by atoms with van der Waals surface area (Å²) in [6.45, 7) is 0.114. The zero-order chi connectivity index (χ0) is 19.9. The number of carbonyl (C=O) groups is 1. The number of para-hydroxylation sites is 1.